The van der Waals surface area contributed by atoms with Crippen LogP contribution in [-0.4, -0.2) is 32.3 Å². The predicted octanol–water partition coefficient (Wildman–Crippen LogP) is 3.12. The van der Waals surface area contributed by atoms with Gasteiger partial charge in [-0.3, -0.25) is 0 Å². The number of nitrogens with one attached hydrogen (secondary N) is 1. The first kappa shape index (κ1) is 13.2. The maximum absolute atomic E-state index is 5.50. The van der Waals surface area contributed by atoms with Gasteiger partial charge < -0.3 is 15.0 Å². The minimum atomic E-state index is 0.310. The largest absolute Gasteiger partial charge is 0.383 e. The van der Waals surface area contributed by atoms with E-state index < -0.39 is 0 Å². The molecule has 1 aliphatic heterocycles. The van der Waals surface area contributed by atoms with Crippen LogP contribution in [0.15, 0.2) is 24.3 Å². The van der Waals surface area contributed by atoms with E-state index in [2.05, 4.69) is 48.3 Å². The molecule has 100 valence electrons. The van der Waals surface area contributed by atoms with E-state index in [1.165, 1.54) is 37.3 Å². The van der Waals surface area contributed by atoms with Crippen molar-refractivity contribution in [3.8, 4) is 0 Å². The molecular formula is C15H24N2O. The molecule has 3 nitrogen and oxygen atoms in total. The SMILES string of the molecule is CC(C)OCCNc1ccc(N2CCCC2)cc1. The van der Waals surface area contributed by atoms with Crippen LogP contribution in [0.5, 0.6) is 0 Å². The van der Waals surface area contributed by atoms with E-state index in [9.17, 15) is 0 Å². The van der Waals surface area contributed by atoms with Crippen molar-refractivity contribution < 1.29 is 4.74 Å². The Bertz CT molecular complexity index is 342. The second kappa shape index (κ2) is 6.64. The Labute approximate surface area is 110 Å². The normalized spacial score (nSPS) is 15.4. The van der Waals surface area contributed by atoms with Crippen LogP contribution in [0.2, 0.25) is 0 Å². The van der Waals surface area contributed by atoms with E-state index in [4.69, 9.17) is 4.74 Å². The highest BCUT2D eigenvalue weighted by atomic mass is 16.5. The third-order valence-corrected chi connectivity index (χ3v) is 3.22. The molecule has 1 aliphatic rings. The van der Waals surface area contributed by atoms with Gasteiger partial charge in [0.25, 0.3) is 0 Å². The third kappa shape index (κ3) is 3.91. The molecule has 0 amide bonds. The quantitative estimate of drug-likeness (QED) is 0.783. The third-order valence-electron chi connectivity index (χ3n) is 3.22. The highest BCUT2D eigenvalue weighted by Gasteiger charge is 2.11. The lowest BCUT2D eigenvalue weighted by atomic mass is 10.2. The Morgan fingerprint density at radius 3 is 2.44 bits per heavy atom. The van der Waals surface area contributed by atoms with Crippen molar-refractivity contribution in [3.63, 3.8) is 0 Å². The van der Waals surface area contributed by atoms with Gasteiger partial charge in [-0.2, -0.15) is 0 Å². The van der Waals surface area contributed by atoms with Crippen molar-refractivity contribution in [2.45, 2.75) is 32.8 Å². The molecule has 0 unspecified atom stereocenters. The van der Waals surface area contributed by atoms with Gasteiger partial charge in [-0.25, -0.2) is 0 Å². The van der Waals surface area contributed by atoms with Crippen molar-refractivity contribution in [3.05, 3.63) is 24.3 Å². The number of anilines is 2. The van der Waals surface area contributed by atoms with Gasteiger partial charge in [0.1, 0.15) is 0 Å². The minimum absolute atomic E-state index is 0.310. The fourth-order valence-corrected chi connectivity index (χ4v) is 2.26. The van der Waals surface area contributed by atoms with Gasteiger partial charge in [-0.15, -0.1) is 0 Å². The summed E-state index contributed by atoms with van der Waals surface area (Å²) in [5, 5.41) is 3.37. The second-order valence-corrected chi connectivity index (χ2v) is 5.09. The molecule has 2 rings (SSSR count). The predicted molar refractivity (Wildman–Crippen MR) is 77.5 cm³/mol. The number of nitrogens with zero attached hydrogens (tertiary/aromatic N) is 1. The molecule has 1 aromatic rings. The van der Waals surface area contributed by atoms with Gasteiger partial charge in [0, 0.05) is 31.0 Å². The number of hydrogen-bond acceptors (Lipinski definition) is 3. The highest BCUT2D eigenvalue weighted by Crippen LogP contribution is 2.21. The topological polar surface area (TPSA) is 24.5 Å². The molecule has 1 heterocycles. The fraction of sp³-hybridized carbons (Fsp3) is 0.600. The van der Waals surface area contributed by atoms with Crippen LogP contribution < -0.4 is 10.2 Å². The highest BCUT2D eigenvalue weighted by molar-refractivity contribution is 5.55. The average molecular weight is 248 g/mol. The molecule has 0 saturated carbocycles. The van der Waals surface area contributed by atoms with E-state index in [0.717, 1.165) is 13.2 Å². The van der Waals surface area contributed by atoms with Crippen LogP contribution in [0.3, 0.4) is 0 Å². The lowest BCUT2D eigenvalue weighted by Gasteiger charge is -2.18. The van der Waals surface area contributed by atoms with Crippen molar-refractivity contribution in [1.82, 2.24) is 0 Å². The molecule has 0 aromatic heterocycles. The molecule has 1 fully saturated rings. The molecule has 18 heavy (non-hydrogen) atoms. The molecule has 3 heteroatoms. The van der Waals surface area contributed by atoms with E-state index in [1.807, 2.05) is 0 Å². The fourth-order valence-electron chi connectivity index (χ4n) is 2.26. The van der Waals surface area contributed by atoms with E-state index in [1.54, 1.807) is 0 Å². The lowest BCUT2D eigenvalue weighted by Crippen LogP contribution is -2.17. The molecule has 1 aromatic carbocycles. The maximum atomic E-state index is 5.50. The van der Waals surface area contributed by atoms with Gasteiger partial charge in [0.2, 0.25) is 0 Å². The maximum Gasteiger partial charge on any atom is 0.0642 e. The van der Waals surface area contributed by atoms with Crippen molar-refractivity contribution in [2.75, 3.05) is 36.5 Å². The summed E-state index contributed by atoms with van der Waals surface area (Å²) in [4.78, 5) is 2.45. The van der Waals surface area contributed by atoms with Crippen LogP contribution in [0.4, 0.5) is 11.4 Å². The van der Waals surface area contributed by atoms with Gasteiger partial charge in [0.05, 0.1) is 12.7 Å². The Morgan fingerprint density at radius 1 is 1.17 bits per heavy atom. The number of benzene rings is 1. The van der Waals surface area contributed by atoms with Crippen molar-refractivity contribution >= 4 is 11.4 Å². The molecule has 1 N–H and O–H groups in total. The molecule has 0 atom stereocenters. The molecule has 0 spiro atoms. The summed E-state index contributed by atoms with van der Waals surface area (Å²) in [6.45, 7) is 8.15. The van der Waals surface area contributed by atoms with Gasteiger partial charge in [-0.1, -0.05) is 0 Å². The van der Waals surface area contributed by atoms with Crippen LogP contribution >= 0.6 is 0 Å². The van der Waals surface area contributed by atoms with Crippen LogP contribution in [-0.2, 0) is 4.74 Å². The zero-order valence-corrected chi connectivity index (χ0v) is 11.5. The second-order valence-electron chi connectivity index (χ2n) is 5.09. The molecule has 0 bridgehead atoms. The summed E-state index contributed by atoms with van der Waals surface area (Å²) in [5.41, 5.74) is 2.52. The van der Waals surface area contributed by atoms with Crippen LogP contribution in [0.25, 0.3) is 0 Å². The number of ether oxygens (including phenoxy) is 1. The van der Waals surface area contributed by atoms with Crippen LogP contribution in [0, 0.1) is 0 Å². The molecule has 0 aliphatic carbocycles. The number of rotatable bonds is 6. The Balaban J connectivity index is 1.76. The van der Waals surface area contributed by atoms with Gasteiger partial charge in [0.15, 0.2) is 0 Å². The first-order chi connectivity index (χ1) is 8.75. The van der Waals surface area contributed by atoms with E-state index >= 15 is 0 Å². The van der Waals surface area contributed by atoms with Gasteiger partial charge >= 0.3 is 0 Å². The van der Waals surface area contributed by atoms with Crippen molar-refractivity contribution in [1.29, 1.82) is 0 Å². The number of hydrogen-bond donors (Lipinski definition) is 1. The summed E-state index contributed by atoms with van der Waals surface area (Å²) in [7, 11) is 0. The zero-order valence-electron chi connectivity index (χ0n) is 11.5. The zero-order chi connectivity index (χ0) is 12.8. The first-order valence-corrected chi connectivity index (χ1v) is 6.96. The van der Waals surface area contributed by atoms with E-state index in [-0.39, 0.29) is 0 Å². The smallest absolute Gasteiger partial charge is 0.0642 e. The van der Waals surface area contributed by atoms with E-state index in [0.29, 0.717) is 6.10 Å². The Morgan fingerprint density at radius 2 is 1.83 bits per heavy atom. The lowest BCUT2D eigenvalue weighted by molar-refractivity contribution is 0.0870. The molecule has 0 radical (unpaired) electrons. The summed E-state index contributed by atoms with van der Waals surface area (Å²) >= 11 is 0. The summed E-state index contributed by atoms with van der Waals surface area (Å²) in [6.07, 6.45) is 2.96. The summed E-state index contributed by atoms with van der Waals surface area (Å²) in [5.74, 6) is 0. The minimum Gasteiger partial charge on any atom is -0.383 e. The average Bonchev–Trinajstić information content (AvgIpc) is 2.89. The molecule has 1 saturated heterocycles. The monoisotopic (exact) mass is 248 g/mol. The van der Waals surface area contributed by atoms with Crippen LogP contribution in [0.1, 0.15) is 26.7 Å². The first-order valence-electron chi connectivity index (χ1n) is 6.96. The van der Waals surface area contributed by atoms with Gasteiger partial charge in [-0.05, 0) is 51.0 Å². The standard InChI is InChI=1S/C15H24N2O/c1-13(2)18-12-9-16-14-5-7-15(8-6-14)17-10-3-4-11-17/h5-8,13,16H,3-4,9-12H2,1-2H3. The summed E-state index contributed by atoms with van der Waals surface area (Å²) in [6, 6.07) is 8.72. The molecular weight excluding hydrogens is 224 g/mol. The Kier molecular flexibility index (Phi) is 4.88. The Hall–Kier alpha value is -1.22. The summed E-state index contributed by atoms with van der Waals surface area (Å²) < 4.78 is 5.50. The van der Waals surface area contributed by atoms with Crippen molar-refractivity contribution in [2.24, 2.45) is 0 Å².